The van der Waals surface area contributed by atoms with Crippen molar-refractivity contribution in [3.05, 3.63) is 12.0 Å². The largest absolute Gasteiger partial charge is 0.431 e. The van der Waals surface area contributed by atoms with E-state index >= 15 is 0 Å². The van der Waals surface area contributed by atoms with E-state index in [9.17, 15) is 4.79 Å². The number of hydrogen-bond acceptors (Lipinski definition) is 5. The highest BCUT2D eigenvalue weighted by molar-refractivity contribution is 5.90. The Labute approximate surface area is 93.4 Å². The molecule has 88 valence electrons. The number of ether oxygens (including phenoxy) is 1. The maximum Gasteiger partial charge on any atom is 0.298 e. The van der Waals surface area contributed by atoms with E-state index in [1.54, 1.807) is 7.11 Å². The molecule has 0 spiro atoms. The van der Waals surface area contributed by atoms with Crippen LogP contribution in [0.4, 0.5) is 6.01 Å². The Balaban J connectivity index is 2.03. The summed E-state index contributed by atoms with van der Waals surface area (Å²) in [5, 5.41) is 0. The van der Waals surface area contributed by atoms with Gasteiger partial charge in [-0.25, -0.2) is 0 Å². The van der Waals surface area contributed by atoms with E-state index in [2.05, 4.69) is 11.9 Å². The molecule has 0 aliphatic carbocycles. The predicted octanol–water partition coefficient (Wildman–Crippen LogP) is 0.389. The number of nitrogens with two attached hydrogens (primary N) is 1. The minimum Gasteiger partial charge on any atom is -0.431 e. The van der Waals surface area contributed by atoms with Gasteiger partial charge in [-0.3, -0.25) is 4.79 Å². The molecule has 0 aromatic carbocycles. The van der Waals surface area contributed by atoms with Gasteiger partial charge in [0.1, 0.15) is 11.9 Å². The number of carbonyl (C=O) groups is 1. The topological polar surface area (TPSA) is 81.6 Å². The molecular formula is C10H15N3O3. The van der Waals surface area contributed by atoms with Crippen LogP contribution in [0.2, 0.25) is 0 Å². The number of rotatable bonds is 4. The van der Waals surface area contributed by atoms with Crippen LogP contribution in [0.1, 0.15) is 23.8 Å². The van der Waals surface area contributed by atoms with Crippen LogP contribution in [0.5, 0.6) is 0 Å². The van der Waals surface area contributed by atoms with Crippen molar-refractivity contribution in [1.82, 2.24) is 4.98 Å². The van der Waals surface area contributed by atoms with Crippen molar-refractivity contribution in [2.24, 2.45) is 5.73 Å². The Hall–Kier alpha value is -1.56. The second-order valence-electron chi connectivity index (χ2n) is 3.98. The third-order valence-corrected chi connectivity index (χ3v) is 3.05. The summed E-state index contributed by atoms with van der Waals surface area (Å²) in [4.78, 5) is 16.8. The molecule has 1 aliphatic heterocycles. The summed E-state index contributed by atoms with van der Waals surface area (Å²) in [5.41, 5.74) is 5.13. The molecule has 1 saturated heterocycles. The zero-order valence-electron chi connectivity index (χ0n) is 9.40. The van der Waals surface area contributed by atoms with Crippen molar-refractivity contribution in [2.45, 2.75) is 18.9 Å². The second-order valence-corrected chi connectivity index (χ2v) is 3.98. The molecule has 6 nitrogen and oxygen atoms in total. The van der Waals surface area contributed by atoms with E-state index in [4.69, 9.17) is 14.9 Å². The molecule has 0 unspecified atom stereocenters. The minimum atomic E-state index is -0.580. The number of carbonyl (C=O) groups excluding carboxylic acids is 1. The van der Waals surface area contributed by atoms with Gasteiger partial charge in [-0.15, -0.1) is 0 Å². The Morgan fingerprint density at radius 1 is 1.75 bits per heavy atom. The van der Waals surface area contributed by atoms with Gasteiger partial charge in [0, 0.05) is 7.11 Å². The number of nitrogens with zero attached hydrogens (tertiary/aromatic N) is 2. The zero-order valence-corrected chi connectivity index (χ0v) is 9.40. The van der Waals surface area contributed by atoms with Crippen LogP contribution >= 0.6 is 0 Å². The molecule has 0 radical (unpaired) electrons. The first-order chi connectivity index (χ1) is 7.60. The van der Waals surface area contributed by atoms with Crippen LogP contribution < -0.4 is 10.6 Å². The zero-order chi connectivity index (χ0) is 11.8. The monoisotopic (exact) mass is 225 g/mol. The Morgan fingerprint density at radius 3 is 2.88 bits per heavy atom. The van der Waals surface area contributed by atoms with Crippen LogP contribution in [0, 0.1) is 0 Å². The van der Waals surface area contributed by atoms with Gasteiger partial charge < -0.3 is 19.8 Å². The first-order valence-corrected chi connectivity index (χ1v) is 5.15. The van der Waals surface area contributed by atoms with Crippen molar-refractivity contribution in [1.29, 1.82) is 0 Å². The third kappa shape index (κ3) is 1.65. The summed E-state index contributed by atoms with van der Waals surface area (Å²) in [7, 11) is 1.70. The molecule has 2 N–H and O–H groups in total. The van der Waals surface area contributed by atoms with Crippen LogP contribution in [0.25, 0.3) is 0 Å². The standard InChI is InChI=1S/C10H15N3O3/c1-3-10(15-2)5-13(6-10)9-12-7(4-16-9)8(11)14/h4H,3,5-6H2,1-2H3,(H2,11,14). The van der Waals surface area contributed by atoms with E-state index in [-0.39, 0.29) is 11.3 Å². The lowest BCUT2D eigenvalue weighted by Gasteiger charge is -2.47. The average Bonchev–Trinajstić information content (AvgIpc) is 2.67. The van der Waals surface area contributed by atoms with E-state index in [1.165, 1.54) is 6.26 Å². The number of methoxy groups -OCH3 is 1. The van der Waals surface area contributed by atoms with Crippen LogP contribution in [0.3, 0.4) is 0 Å². The van der Waals surface area contributed by atoms with E-state index in [0.717, 1.165) is 19.5 Å². The molecule has 1 fully saturated rings. The lowest BCUT2D eigenvalue weighted by molar-refractivity contribution is -0.0378. The molecule has 1 aliphatic rings. The molecule has 0 atom stereocenters. The third-order valence-electron chi connectivity index (χ3n) is 3.05. The summed E-state index contributed by atoms with van der Waals surface area (Å²) >= 11 is 0. The molecule has 0 bridgehead atoms. The maximum absolute atomic E-state index is 10.8. The smallest absolute Gasteiger partial charge is 0.298 e. The number of anilines is 1. The van der Waals surface area contributed by atoms with Gasteiger partial charge in [0.15, 0.2) is 5.69 Å². The van der Waals surface area contributed by atoms with E-state index in [0.29, 0.717) is 6.01 Å². The van der Waals surface area contributed by atoms with E-state index < -0.39 is 5.91 Å². The van der Waals surface area contributed by atoms with Gasteiger partial charge in [0.2, 0.25) is 0 Å². The predicted molar refractivity (Wildman–Crippen MR) is 57.3 cm³/mol. The number of aromatic nitrogens is 1. The summed E-state index contributed by atoms with van der Waals surface area (Å²) < 4.78 is 10.6. The van der Waals surface area contributed by atoms with Crippen molar-refractivity contribution >= 4 is 11.9 Å². The molecule has 6 heteroatoms. The van der Waals surface area contributed by atoms with Gasteiger partial charge in [-0.1, -0.05) is 6.92 Å². The van der Waals surface area contributed by atoms with Crippen molar-refractivity contribution in [3.63, 3.8) is 0 Å². The quantitative estimate of drug-likeness (QED) is 0.801. The highest BCUT2D eigenvalue weighted by Crippen LogP contribution is 2.31. The van der Waals surface area contributed by atoms with Gasteiger partial charge in [-0.2, -0.15) is 4.98 Å². The normalized spacial score (nSPS) is 18.2. The minimum absolute atomic E-state index is 0.110. The van der Waals surface area contributed by atoms with Crippen LogP contribution in [-0.2, 0) is 4.74 Å². The molecule has 1 amide bonds. The lowest BCUT2D eigenvalue weighted by Crippen LogP contribution is -2.62. The lowest BCUT2D eigenvalue weighted by atomic mass is 9.91. The van der Waals surface area contributed by atoms with E-state index in [1.807, 2.05) is 4.90 Å². The van der Waals surface area contributed by atoms with Crippen molar-refractivity contribution in [3.8, 4) is 0 Å². The van der Waals surface area contributed by atoms with Gasteiger partial charge in [0.25, 0.3) is 11.9 Å². The SMILES string of the molecule is CCC1(OC)CN(c2nc(C(N)=O)co2)C1. The van der Waals surface area contributed by atoms with Crippen LogP contribution in [-0.4, -0.2) is 36.7 Å². The molecule has 2 rings (SSSR count). The van der Waals surface area contributed by atoms with Gasteiger partial charge in [0.05, 0.1) is 13.1 Å². The van der Waals surface area contributed by atoms with Crippen LogP contribution in [0.15, 0.2) is 10.7 Å². The number of primary amides is 1. The first-order valence-electron chi connectivity index (χ1n) is 5.15. The fourth-order valence-corrected chi connectivity index (χ4v) is 1.80. The molecule has 1 aromatic rings. The second kappa shape index (κ2) is 3.79. The fourth-order valence-electron chi connectivity index (χ4n) is 1.80. The molecule has 16 heavy (non-hydrogen) atoms. The van der Waals surface area contributed by atoms with Crippen molar-refractivity contribution < 1.29 is 13.9 Å². The first kappa shape index (κ1) is 10.9. The average molecular weight is 225 g/mol. The number of hydrogen-bond donors (Lipinski definition) is 1. The number of oxazole rings is 1. The summed E-state index contributed by atoms with van der Waals surface area (Å²) in [6.07, 6.45) is 2.21. The Morgan fingerprint density at radius 2 is 2.44 bits per heavy atom. The highest BCUT2D eigenvalue weighted by atomic mass is 16.5. The Kier molecular flexibility index (Phi) is 2.59. The highest BCUT2D eigenvalue weighted by Gasteiger charge is 2.43. The molecule has 1 aromatic heterocycles. The summed E-state index contributed by atoms with van der Waals surface area (Å²) in [6.45, 7) is 3.52. The molecular weight excluding hydrogens is 210 g/mol. The fraction of sp³-hybridized carbons (Fsp3) is 0.600. The summed E-state index contributed by atoms with van der Waals surface area (Å²) in [6, 6.07) is 0.426. The van der Waals surface area contributed by atoms with Crippen molar-refractivity contribution in [2.75, 3.05) is 25.1 Å². The molecule has 2 heterocycles. The van der Waals surface area contributed by atoms with Gasteiger partial charge >= 0.3 is 0 Å². The molecule has 0 saturated carbocycles. The summed E-state index contributed by atoms with van der Waals surface area (Å²) in [5.74, 6) is -0.580. The number of amides is 1. The van der Waals surface area contributed by atoms with Gasteiger partial charge in [-0.05, 0) is 6.42 Å². The Bertz CT molecular complexity index is 390. The maximum atomic E-state index is 10.8.